The summed E-state index contributed by atoms with van der Waals surface area (Å²) >= 11 is 0. The van der Waals surface area contributed by atoms with E-state index in [-0.39, 0.29) is 6.03 Å². The molecule has 1 fully saturated rings. The smallest absolute Gasteiger partial charge is 0.319 e. The summed E-state index contributed by atoms with van der Waals surface area (Å²) in [7, 11) is 0. The lowest BCUT2D eigenvalue weighted by molar-refractivity contribution is 0.122. The molecule has 0 spiro atoms. The van der Waals surface area contributed by atoms with Crippen LogP contribution in [-0.4, -0.2) is 25.8 Å². The molecule has 2 amide bonds. The minimum absolute atomic E-state index is 0.208. The highest BCUT2D eigenvalue weighted by atomic mass is 16.5. The van der Waals surface area contributed by atoms with Crippen LogP contribution >= 0.6 is 0 Å². The minimum Gasteiger partial charge on any atom is -0.381 e. The maximum absolute atomic E-state index is 12.0. The van der Waals surface area contributed by atoms with E-state index < -0.39 is 0 Å². The summed E-state index contributed by atoms with van der Waals surface area (Å²) in [4.78, 5) is 12.0. The lowest BCUT2D eigenvalue weighted by Gasteiger charge is -2.08. The van der Waals surface area contributed by atoms with Crippen molar-refractivity contribution in [2.45, 2.75) is 19.3 Å². The Labute approximate surface area is 155 Å². The number of anilines is 1. The van der Waals surface area contributed by atoms with Crippen LogP contribution in [0.2, 0.25) is 0 Å². The highest BCUT2D eigenvalue weighted by molar-refractivity contribution is 5.89. The van der Waals surface area contributed by atoms with Crippen LogP contribution in [0.1, 0.15) is 30.4 Å². The molecule has 4 heteroatoms. The molecule has 4 nitrogen and oxygen atoms in total. The molecule has 0 saturated heterocycles. The first-order valence-electron chi connectivity index (χ1n) is 9.09. The number of hydrogen-bond donors (Lipinski definition) is 2. The molecule has 134 valence electrons. The molecule has 0 atom stereocenters. The Balaban J connectivity index is 1.41. The van der Waals surface area contributed by atoms with Gasteiger partial charge in [-0.15, -0.1) is 0 Å². The van der Waals surface area contributed by atoms with Gasteiger partial charge < -0.3 is 15.4 Å². The molecule has 1 saturated carbocycles. The van der Waals surface area contributed by atoms with Crippen LogP contribution in [0.5, 0.6) is 0 Å². The average Bonchev–Trinajstić information content (AvgIpc) is 3.48. The number of rotatable bonds is 7. The van der Waals surface area contributed by atoms with E-state index in [4.69, 9.17) is 4.74 Å². The Morgan fingerprint density at radius 3 is 2.62 bits per heavy atom. The van der Waals surface area contributed by atoms with E-state index in [9.17, 15) is 4.79 Å². The largest absolute Gasteiger partial charge is 0.381 e. The normalized spacial score (nSPS) is 12.8. The van der Waals surface area contributed by atoms with Gasteiger partial charge in [0.05, 0.1) is 0 Å². The van der Waals surface area contributed by atoms with Crippen molar-refractivity contribution in [1.29, 1.82) is 0 Å². The summed E-state index contributed by atoms with van der Waals surface area (Å²) < 4.78 is 5.55. The van der Waals surface area contributed by atoms with Crippen molar-refractivity contribution in [1.82, 2.24) is 5.32 Å². The van der Waals surface area contributed by atoms with Gasteiger partial charge in [-0.25, -0.2) is 4.79 Å². The van der Waals surface area contributed by atoms with Crippen molar-refractivity contribution in [2.24, 2.45) is 5.92 Å². The van der Waals surface area contributed by atoms with Crippen LogP contribution < -0.4 is 10.6 Å². The molecule has 2 aromatic carbocycles. The van der Waals surface area contributed by atoms with E-state index in [1.165, 1.54) is 12.8 Å². The molecule has 1 aliphatic rings. The second-order valence-corrected chi connectivity index (χ2v) is 6.45. The van der Waals surface area contributed by atoms with Crippen molar-refractivity contribution < 1.29 is 9.53 Å². The third-order valence-corrected chi connectivity index (χ3v) is 4.05. The number of nitrogens with one attached hydrogen (secondary N) is 2. The lowest BCUT2D eigenvalue weighted by atomic mass is 10.1. The van der Waals surface area contributed by atoms with Crippen LogP contribution in [0.25, 0.3) is 0 Å². The standard InChI is InChI=1S/C22H24N2O2/c25-22(23-14-5-15-26-17-20-12-13-20)24-21-9-4-8-19(16-21)11-10-18-6-2-1-3-7-18/h1-4,6-9,16,20H,5,12-15,17H2,(H2,23,24,25). The molecule has 0 heterocycles. The first kappa shape index (κ1) is 18.0. The summed E-state index contributed by atoms with van der Waals surface area (Å²) in [5.41, 5.74) is 2.56. The third kappa shape index (κ3) is 6.62. The molecule has 0 bridgehead atoms. The van der Waals surface area contributed by atoms with E-state index in [1.54, 1.807) is 0 Å². The van der Waals surface area contributed by atoms with Crippen LogP contribution in [0.15, 0.2) is 54.6 Å². The molecule has 0 aromatic heterocycles. The van der Waals surface area contributed by atoms with Gasteiger partial charge in [-0.2, -0.15) is 0 Å². The number of hydrogen-bond acceptors (Lipinski definition) is 2. The molecule has 3 rings (SSSR count). The van der Waals surface area contributed by atoms with Gasteiger partial charge in [-0.3, -0.25) is 0 Å². The maximum atomic E-state index is 12.0. The van der Waals surface area contributed by atoms with Crippen LogP contribution in [-0.2, 0) is 4.74 Å². The quantitative estimate of drug-likeness (QED) is 0.586. The molecular formula is C22H24N2O2. The topological polar surface area (TPSA) is 50.4 Å². The van der Waals surface area contributed by atoms with Crippen LogP contribution in [0, 0.1) is 17.8 Å². The fourth-order valence-corrected chi connectivity index (χ4v) is 2.43. The Morgan fingerprint density at radius 2 is 1.81 bits per heavy atom. The second-order valence-electron chi connectivity index (χ2n) is 6.45. The SMILES string of the molecule is O=C(NCCCOCC1CC1)Nc1cccc(C#Cc2ccccc2)c1. The van der Waals surface area contributed by atoms with Gasteiger partial charge in [0.1, 0.15) is 0 Å². The number of ether oxygens (including phenoxy) is 1. The molecule has 0 unspecified atom stereocenters. The van der Waals surface area contributed by atoms with E-state index in [0.29, 0.717) is 13.2 Å². The van der Waals surface area contributed by atoms with Gasteiger partial charge in [0.2, 0.25) is 0 Å². The lowest BCUT2D eigenvalue weighted by Crippen LogP contribution is -2.30. The van der Waals surface area contributed by atoms with Gasteiger partial charge in [0.25, 0.3) is 0 Å². The summed E-state index contributed by atoms with van der Waals surface area (Å²) in [5, 5.41) is 5.69. The fourth-order valence-electron chi connectivity index (χ4n) is 2.43. The zero-order valence-corrected chi connectivity index (χ0v) is 14.8. The molecule has 0 aliphatic heterocycles. The number of urea groups is 1. The Kier molecular flexibility index (Phi) is 6.69. The van der Waals surface area contributed by atoms with Gasteiger partial charge in [-0.1, -0.05) is 36.1 Å². The van der Waals surface area contributed by atoms with Gasteiger partial charge in [0, 0.05) is 36.6 Å². The molecule has 1 aliphatic carbocycles. The number of amides is 2. The molecular weight excluding hydrogens is 324 g/mol. The predicted molar refractivity (Wildman–Crippen MR) is 104 cm³/mol. The van der Waals surface area contributed by atoms with Crippen molar-refractivity contribution in [2.75, 3.05) is 25.1 Å². The second kappa shape index (κ2) is 9.65. The van der Waals surface area contributed by atoms with Crippen molar-refractivity contribution in [3.63, 3.8) is 0 Å². The van der Waals surface area contributed by atoms with Crippen molar-refractivity contribution in [3.8, 4) is 11.8 Å². The van der Waals surface area contributed by atoms with Crippen LogP contribution in [0.3, 0.4) is 0 Å². The fraction of sp³-hybridized carbons (Fsp3) is 0.318. The zero-order chi connectivity index (χ0) is 18.0. The van der Waals surface area contributed by atoms with E-state index >= 15 is 0 Å². The predicted octanol–water partition coefficient (Wildman–Crippen LogP) is 4.02. The Bertz CT molecular complexity index is 773. The van der Waals surface area contributed by atoms with Gasteiger partial charge in [0.15, 0.2) is 0 Å². The van der Waals surface area contributed by atoms with E-state index in [1.807, 2.05) is 54.6 Å². The van der Waals surface area contributed by atoms with Crippen molar-refractivity contribution >= 4 is 11.7 Å². The Morgan fingerprint density at radius 1 is 1.04 bits per heavy atom. The highest BCUT2D eigenvalue weighted by Gasteiger charge is 2.20. The monoisotopic (exact) mass is 348 g/mol. The average molecular weight is 348 g/mol. The summed E-state index contributed by atoms with van der Waals surface area (Å²) in [6.07, 6.45) is 3.42. The summed E-state index contributed by atoms with van der Waals surface area (Å²) in [5.74, 6) is 7.01. The summed E-state index contributed by atoms with van der Waals surface area (Å²) in [6.45, 7) is 2.16. The first-order chi connectivity index (χ1) is 12.8. The maximum Gasteiger partial charge on any atom is 0.319 e. The molecule has 2 N–H and O–H groups in total. The van der Waals surface area contributed by atoms with E-state index in [0.717, 1.165) is 35.8 Å². The van der Waals surface area contributed by atoms with Crippen molar-refractivity contribution in [3.05, 3.63) is 65.7 Å². The highest BCUT2D eigenvalue weighted by Crippen LogP contribution is 2.28. The molecule has 0 radical (unpaired) electrons. The number of carbonyl (C=O) groups is 1. The third-order valence-electron chi connectivity index (χ3n) is 4.05. The van der Waals surface area contributed by atoms with Crippen LogP contribution in [0.4, 0.5) is 10.5 Å². The zero-order valence-electron chi connectivity index (χ0n) is 14.8. The van der Waals surface area contributed by atoms with Gasteiger partial charge >= 0.3 is 6.03 Å². The minimum atomic E-state index is -0.208. The Hall–Kier alpha value is -2.77. The molecule has 26 heavy (non-hydrogen) atoms. The number of benzene rings is 2. The number of carbonyl (C=O) groups excluding carboxylic acids is 1. The molecule has 2 aromatic rings. The van der Waals surface area contributed by atoms with E-state index in [2.05, 4.69) is 22.5 Å². The van der Waals surface area contributed by atoms with Gasteiger partial charge in [-0.05, 0) is 55.5 Å². The first-order valence-corrected chi connectivity index (χ1v) is 9.09. The summed E-state index contributed by atoms with van der Waals surface area (Å²) in [6, 6.07) is 17.2.